The van der Waals surface area contributed by atoms with E-state index < -0.39 is 33.3 Å². The summed E-state index contributed by atoms with van der Waals surface area (Å²) in [5.74, 6) is -1.15. The van der Waals surface area contributed by atoms with Crippen molar-refractivity contribution in [2.45, 2.75) is 30.4 Å². The quantitative estimate of drug-likeness (QED) is 0.268. The predicted molar refractivity (Wildman–Crippen MR) is 144 cm³/mol. The van der Waals surface area contributed by atoms with Gasteiger partial charge in [0.1, 0.15) is 6.61 Å². The zero-order valence-corrected chi connectivity index (χ0v) is 22.6. The molecule has 0 saturated heterocycles. The fourth-order valence-corrected chi connectivity index (χ4v) is 6.93. The lowest BCUT2D eigenvalue weighted by atomic mass is 9.94. The van der Waals surface area contributed by atoms with Crippen molar-refractivity contribution in [3.8, 4) is 0 Å². The first-order valence-corrected chi connectivity index (χ1v) is 13.9. The molecule has 8 nitrogen and oxygen atoms in total. The lowest BCUT2D eigenvalue weighted by molar-refractivity contribution is -0.145. The van der Waals surface area contributed by atoms with Crippen LogP contribution in [0.4, 0.5) is 4.79 Å². The van der Waals surface area contributed by atoms with Gasteiger partial charge in [0, 0.05) is 11.1 Å². The SMILES string of the molecule is CCOC(=O)OCC1=C(c2ccc(C(C)=O)cc2)c2ccccc2C1(C(=O)OCC)S(=O)(=O)c1ccccc1. The first-order valence-electron chi connectivity index (χ1n) is 12.4. The topological polar surface area (TPSA) is 113 Å². The van der Waals surface area contributed by atoms with Gasteiger partial charge in [0.05, 0.1) is 18.1 Å². The van der Waals surface area contributed by atoms with Gasteiger partial charge in [-0.1, -0.05) is 66.7 Å². The second kappa shape index (κ2) is 11.2. The summed E-state index contributed by atoms with van der Waals surface area (Å²) in [5.41, 5.74) is 2.03. The molecule has 9 heteroatoms. The molecule has 0 aliphatic heterocycles. The van der Waals surface area contributed by atoms with E-state index in [0.29, 0.717) is 22.3 Å². The van der Waals surface area contributed by atoms with Crippen molar-refractivity contribution < 1.29 is 37.0 Å². The smallest absolute Gasteiger partial charge is 0.464 e. The van der Waals surface area contributed by atoms with Crippen molar-refractivity contribution in [3.05, 3.63) is 107 Å². The largest absolute Gasteiger partial charge is 0.508 e. The zero-order valence-electron chi connectivity index (χ0n) is 21.8. The number of carbonyl (C=O) groups is 3. The molecule has 202 valence electrons. The molecular formula is C30H28O8S. The molecular weight excluding hydrogens is 520 g/mol. The molecule has 39 heavy (non-hydrogen) atoms. The number of hydrogen-bond donors (Lipinski definition) is 0. The Labute approximate surface area is 227 Å². The Hall–Kier alpha value is -4.24. The van der Waals surface area contributed by atoms with Crippen molar-refractivity contribution in [3.63, 3.8) is 0 Å². The van der Waals surface area contributed by atoms with Gasteiger partial charge in [-0.25, -0.2) is 18.0 Å². The van der Waals surface area contributed by atoms with E-state index in [-0.39, 0.29) is 35.0 Å². The van der Waals surface area contributed by atoms with E-state index in [1.807, 2.05) is 0 Å². The number of fused-ring (bicyclic) bond motifs is 1. The summed E-state index contributed by atoms with van der Waals surface area (Å²) in [4.78, 5) is 38.1. The highest BCUT2D eigenvalue weighted by Gasteiger charge is 2.62. The second-order valence-electron chi connectivity index (χ2n) is 8.72. The highest BCUT2D eigenvalue weighted by atomic mass is 32.2. The first-order chi connectivity index (χ1) is 18.7. The lowest BCUT2D eigenvalue weighted by Crippen LogP contribution is -2.46. The van der Waals surface area contributed by atoms with Crippen molar-refractivity contribution >= 4 is 33.3 Å². The summed E-state index contributed by atoms with van der Waals surface area (Å²) in [6.07, 6.45) is -1.01. The third-order valence-electron chi connectivity index (χ3n) is 6.50. The Kier molecular flexibility index (Phi) is 8.01. The number of rotatable bonds is 9. The summed E-state index contributed by atoms with van der Waals surface area (Å²) >= 11 is 0. The summed E-state index contributed by atoms with van der Waals surface area (Å²) in [5, 5.41) is 0. The van der Waals surface area contributed by atoms with E-state index in [0.717, 1.165) is 0 Å². The molecule has 1 unspecified atom stereocenters. The van der Waals surface area contributed by atoms with Gasteiger partial charge < -0.3 is 14.2 Å². The minimum atomic E-state index is -4.53. The minimum absolute atomic E-state index is 0.00892. The maximum absolute atomic E-state index is 14.6. The highest BCUT2D eigenvalue weighted by Crippen LogP contribution is 2.54. The molecule has 0 saturated carbocycles. The van der Waals surface area contributed by atoms with Crippen LogP contribution in [0.2, 0.25) is 0 Å². The van der Waals surface area contributed by atoms with Gasteiger partial charge in [0.15, 0.2) is 5.78 Å². The fourth-order valence-electron chi connectivity index (χ4n) is 4.83. The molecule has 0 bridgehead atoms. The van der Waals surface area contributed by atoms with E-state index in [2.05, 4.69) is 0 Å². The summed E-state index contributed by atoms with van der Waals surface area (Å²) < 4.78 is 42.6. The van der Waals surface area contributed by atoms with Crippen LogP contribution >= 0.6 is 0 Å². The van der Waals surface area contributed by atoms with Crippen LogP contribution in [0.3, 0.4) is 0 Å². The van der Waals surface area contributed by atoms with Gasteiger partial charge >= 0.3 is 12.1 Å². The van der Waals surface area contributed by atoms with Crippen LogP contribution in [0, 0.1) is 0 Å². The van der Waals surface area contributed by atoms with Crippen LogP contribution in [0.5, 0.6) is 0 Å². The third-order valence-corrected chi connectivity index (χ3v) is 8.83. The van der Waals surface area contributed by atoms with Crippen molar-refractivity contribution in [2.24, 2.45) is 0 Å². The monoisotopic (exact) mass is 548 g/mol. The standard InChI is InChI=1S/C30H28O8S/c1-4-36-28(32)30(39(34,35)23-11-7-6-8-12-23)25-14-10-9-13-24(25)27(26(30)19-38-29(33)37-5-2)22-17-15-21(16-18-22)20(3)31/h6-18H,4-5,19H2,1-3H3. The molecule has 3 aromatic carbocycles. The van der Waals surface area contributed by atoms with Crippen LogP contribution in [0.15, 0.2) is 89.3 Å². The molecule has 0 amide bonds. The number of hydrogen-bond acceptors (Lipinski definition) is 8. The molecule has 0 spiro atoms. The minimum Gasteiger partial charge on any atom is -0.464 e. The van der Waals surface area contributed by atoms with Gasteiger partial charge in [-0.15, -0.1) is 0 Å². The molecule has 0 aromatic heterocycles. The molecule has 0 N–H and O–H groups in total. The summed E-state index contributed by atoms with van der Waals surface area (Å²) in [6, 6.07) is 20.8. The molecule has 3 aromatic rings. The van der Waals surface area contributed by atoms with E-state index >= 15 is 0 Å². The third kappa shape index (κ3) is 4.74. The van der Waals surface area contributed by atoms with Crippen LogP contribution in [0.1, 0.15) is 47.8 Å². The van der Waals surface area contributed by atoms with Gasteiger partial charge in [-0.2, -0.15) is 0 Å². The van der Waals surface area contributed by atoms with E-state index in [1.165, 1.54) is 19.1 Å². The van der Waals surface area contributed by atoms with E-state index in [9.17, 15) is 22.8 Å². The van der Waals surface area contributed by atoms with Crippen LogP contribution < -0.4 is 0 Å². The number of ether oxygens (including phenoxy) is 3. The Balaban J connectivity index is 2.11. The number of benzene rings is 3. The van der Waals surface area contributed by atoms with Gasteiger partial charge in [0.2, 0.25) is 14.6 Å². The molecule has 0 heterocycles. The first kappa shape index (κ1) is 27.8. The Morgan fingerprint density at radius 1 is 0.769 bits per heavy atom. The molecule has 1 aliphatic carbocycles. The van der Waals surface area contributed by atoms with Gasteiger partial charge in [-0.3, -0.25) is 4.79 Å². The lowest BCUT2D eigenvalue weighted by Gasteiger charge is -2.31. The fraction of sp³-hybridized carbons (Fsp3) is 0.233. The van der Waals surface area contributed by atoms with Crippen molar-refractivity contribution in [2.75, 3.05) is 19.8 Å². The number of ketones is 1. The van der Waals surface area contributed by atoms with Gasteiger partial charge in [0.25, 0.3) is 0 Å². The molecule has 4 rings (SSSR count). The molecule has 1 aliphatic rings. The predicted octanol–water partition coefficient (Wildman–Crippen LogP) is 5.11. The normalized spacial score (nSPS) is 16.4. The Morgan fingerprint density at radius 3 is 2.00 bits per heavy atom. The number of esters is 1. The molecule has 1 atom stereocenters. The maximum Gasteiger partial charge on any atom is 0.508 e. The zero-order chi connectivity index (χ0) is 28.2. The average Bonchev–Trinajstić information content (AvgIpc) is 3.24. The number of carbonyl (C=O) groups excluding carboxylic acids is 3. The van der Waals surface area contributed by atoms with Gasteiger partial charge in [-0.05, 0) is 55.2 Å². The Bertz CT molecular complexity index is 1540. The molecule has 0 radical (unpaired) electrons. The van der Waals surface area contributed by atoms with E-state index in [1.54, 1.807) is 80.6 Å². The van der Waals surface area contributed by atoms with Crippen LogP contribution in [0.25, 0.3) is 5.57 Å². The summed E-state index contributed by atoms with van der Waals surface area (Å²) in [7, 11) is -4.53. The number of sulfone groups is 1. The summed E-state index contributed by atoms with van der Waals surface area (Å²) in [6.45, 7) is 4.03. The number of Topliss-reactive ketones (excluding diaryl/α,β-unsaturated/α-hetero) is 1. The van der Waals surface area contributed by atoms with Crippen molar-refractivity contribution in [1.29, 1.82) is 0 Å². The maximum atomic E-state index is 14.6. The second-order valence-corrected chi connectivity index (χ2v) is 10.8. The van der Waals surface area contributed by atoms with Crippen molar-refractivity contribution in [1.82, 2.24) is 0 Å². The highest BCUT2D eigenvalue weighted by molar-refractivity contribution is 7.93. The molecule has 0 fully saturated rings. The van der Waals surface area contributed by atoms with E-state index in [4.69, 9.17) is 14.2 Å². The van der Waals surface area contributed by atoms with Crippen LogP contribution in [-0.4, -0.2) is 46.1 Å². The average molecular weight is 549 g/mol. The Morgan fingerprint density at radius 2 is 1.38 bits per heavy atom. The van der Waals surface area contributed by atoms with Crippen LogP contribution in [-0.2, 0) is 33.6 Å².